The van der Waals surface area contributed by atoms with Crippen LogP contribution < -0.4 is 4.90 Å². The van der Waals surface area contributed by atoms with E-state index in [9.17, 15) is 4.79 Å². The third-order valence-electron chi connectivity index (χ3n) is 4.99. The molecule has 4 rings (SSSR count). The molecule has 1 aliphatic heterocycles. The fourth-order valence-electron chi connectivity index (χ4n) is 3.51. The van der Waals surface area contributed by atoms with Crippen LogP contribution in [0.4, 0.5) is 5.82 Å². The number of carbonyl (C=O) groups is 1. The molecule has 10 heteroatoms. The third-order valence-corrected chi connectivity index (χ3v) is 5.75. The first-order valence-corrected chi connectivity index (χ1v) is 10.6. The van der Waals surface area contributed by atoms with Gasteiger partial charge in [0.15, 0.2) is 11.6 Å². The van der Waals surface area contributed by atoms with Gasteiger partial charge in [-0.1, -0.05) is 17.8 Å². The van der Waals surface area contributed by atoms with Gasteiger partial charge in [-0.25, -0.2) is 4.68 Å². The molecule has 1 fully saturated rings. The molecule has 29 heavy (non-hydrogen) atoms. The van der Waals surface area contributed by atoms with Crippen LogP contribution in [0.25, 0.3) is 5.82 Å². The quantitative estimate of drug-likeness (QED) is 0.633. The molecule has 0 N–H and O–H groups in total. The van der Waals surface area contributed by atoms with E-state index in [0.717, 1.165) is 48.8 Å². The van der Waals surface area contributed by atoms with E-state index in [1.54, 1.807) is 4.68 Å². The molecular weight excluding hydrogens is 388 g/mol. The van der Waals surface area contributed by atoms with E-state index in [1.807, 2.05) is 36.9 Å². The van der Waals surface area contributed by atoms with E-state index in [2.05, 4.69) is 36.7 Å². The monoisotopic (exact) mass is 412 g/mol. The fraction of sp³-hybridized carbons (Fsp3) is 0.474. The summed E-state index contributed by atoms with van der Waals surface area (Å²) in [6.45, 7) is 8.75. The SMILES string of the molecule is CCCc1nnsc1C(=O)N1CCN(c2ccc(-n3nc(C)cc3C)nn2)CC1. The molecule has 0 spiro atoms. The Morgan fingerprint density at radius 2 is 1.79 bits per heavy atom. The first-order chi connectivity index (χ1) is 14.1. The molecule has 9 nitrogen and oxygen atoms in total. The van der Waals surface area contributed by atoms with Crippen LogP contribution in [0, 0.1) is 13.8 Å². The lowest BCUT2D eigenvalue weighted by Crippen LogP contribution is -2.49. The van der Waals surface area contributed by atoms with E-state index < -0.39 is 0 Å². The zero-order valence-electron chi connectivity index (χ0n) is 16.9. The lowest BCUT2D eigenvalue weighted by atomic mass is 10.2. The number of aromatic nitrogens is 6. The first kappa shape index (κ1) is 19.4. The van der Waals surface area contributed by atoms with E-state index in [-0.39, 0.29) is 5.91 Å². The van der Waals surface area contributed by atoms with Crippen molar-refractivity contribution < 1.29 is 4.79 Å². The second kappa shape index (κ2) is 8.24. The predicted molar refractivity (Wildman–Crippen MR) is 111 cm³/mol. The van der Waals surface area contributed by atoms with Gasteiger partial charge in [0.1, 0.15) is 4.88 Å². The number of nitrogens with zero attached hydrogens (tertiary/aromatic N) is 8. The second-order valence-electron chi connectivity index (χ2n) is 7.17. The van der Waals surface area contributed by atoms with Gasteiger partial charge in [-0.15, -0.1) is 15.3 Å². The van der Waals surface area contributed by atoms with Crippen molar-refractivity contribution in [3.8, 4) is 5.82 Å². The van der Waals surface area contributed by atoms with Crippen LogP contribution in [0.15, 0.2) is 18.2 Å². The molecule has 1 saturated heterocycles. The minimum absolute atomic E-state index is 0.0362. The normalized spacial score (nSPS) is 14.4. The van der Waals surface area contributed by atoms with Crippen LogP contribution in [0.2, 0.25) is 0 Å². The predicted octanol–water partition coefficient (Wildman–Crippen LogP) is 2.05. The molecular formula is C19H24N8OS. The van der Waals surface area contributed by atoms with Crippen molar-refractivity contribution in [2.24, 2.45) is 0 Å². The maximum Gasteiger partial charge on any atom is 0.267 e. The van der Waals surface area contributed by atoms with Crippen molar-refractivity contribution in [1.82, 2.24) is 34.5 Å². The second-order valence-corrected chi connectivity index (χ2v) is 7.92. The third kappa shape index (κ3) is 3.98. The molecule has 3 aromatic rings. The van der Waals surface area contributed by atoms with Crippen LogP contribution in [0.3, 0.4) is 0 Å². The van der Waals surface area contributed by atoms with Gasteiger partial charge in [-0.2, -0.15) is 5.10 Å². The average Bonchev–Trinajstić information content (AvgIpc) is 3.34. The maximum atomic E-state index is 12.8. The summed E-state index contributed by atoms with van der Waals surface area (Å²) in [4.78, 5) is 17.5. The van der Waals surface area contributed by atoms with Crippen LogP contribution in [0.5, 0.6) is 0 Å². The zero-order chi connectivity index (χ0) is 20.4. The highest BCUT2D eigenvalue weighted by molar-refractivity contribution is 7.08. The molecule has 0 radical (unpaired) electrons. The molecule has 0 bridgehead atoms. The smallest absolute Gasteiger partial charge is 0.267 e. The van der Waals surface area contributed by atoms with Gasteiger partial charge in [0.05, 0.1) is 11.4 Å². The number of carbonyl (C=O) groups excluding carboxylic acids is 1. The molecule has 0 atom stereocenters. The Labute approximate surface area is 173 Å². The summed E-state index contributed by atoms with van der Waals surface area (Å²) in [6, 6.07) is 5.90. The average molecular weight is 413 g/mol. The number of hydrogen-bond acceptors (Lipinski definition) is 8. The van der Waals surface area contributed by atoms with Crippen molar-refractivity contribution >= 4 is 23.3 Å². The van der Waals surface area contributed by atoms with Crippen molar-refractivity contribution in [3.63, 3.8) is 0 Å². The molecule has 0 saturated carbocycles. The summed E-state index contributed by atoms with van der Waals surface area (Å²) in [5, 5.41) is 17.3. The van der Waals surface area contributed by atoms with Gasteiger partial charge in [0.25, 0.3) is 5.91 Å². The molecule has 0 aromatic carbocycles. The lowest BCUT2D eigenvalue weighted by Gasteiger charge is -2.35. The van der Waals surface area contributed by atoms with Gasteiger partial charge in [0, 0.05) is 31.9 Å². The van der Waals surface area contributed by atoms with Crippen molar-refractivity contribution in [1.29, 1.82) is 0 Å². The van der Waals surface area contributed by atoms with Crippen molar-refractivity contribution in [3.05, 3.63) is 40.2 Å². The highest BCUT2D eigenvalue weighted by atomic mass is 32.1. The minimum atomic E-state index is 0.0362. The van der Waals surface area contributed by atoms with E-state index in [0.29, 0.717) is 23.8 Å². The Balaban J connectivity index is 1.40. The lowest BCUT2D eigenvalue weighted by molar-refractivity contribution is 0.0750. The summed E-state index contributed by atoms with van der Waals surface area (Å²) < 4.78 is 5.76. The Kier molecular flexibility index (Phi) is 5.52. The Morgan fingerprint density at radius 3 is 2.41 bits per heavy atom. The van der Waals surface area contributed by atoms with Crippen LogP contribution in [-0.4, -0.2) is 66.6 Å². The molecule has 152 valence electrons. The Morgan fingerprint density at radius 1 is 1.07 bits per heavy atom. The van der Waals surface area contributed by atoms with E-state index in [1.165, 1.54) is 11.5 Å². The van der Waals surface area contributed by atoms with Crippen LogP contribution >= 0.6 is 11.5 Å². The molecule has 0 unspecified atom stereocenters. The standard InChI is InChI=1S/C19H24N8OS/c1-4-5-15-18(29-24-20-15)19(28)26-10-8-25(9-11-26)16-6-7-17(22-21-16)27-14(3)12-13(2)23-27/h6-7,12H,4-5,8-11H2,1-3H3. The molecule has 3 aromatic heterocycles. The van der Waals surface area contributed by atoms with Gasteiger partial charge >= 0.3 is 0 Å². The minimum Gasteiger partial charge on any atom is -0.352 e. The Hall–Kier alpha value is -2.88. The molecule has 0 aliphatic carbocycles. The number of rotatable bonds is 5. The summed E-state index contributed by atoms with van der Waals surface area (Å²) in [5.41, 5.74) is 2.79. The van der Waals surface area contributed by atoms with Gasteiger partial charge in [-0.05, 0) is 50.0 Å². The van der Waals surface area contributed by atoms with Crippen LogP contribution in [0.1, 0.15) is 40.1 Å². The van der Waals surface area contributed by atoms with Crippen LogP contribution in [-0.2, 0) is 6.42 Å². The van der Waals surface area contributed by atoms with Gasteiger partial charge in [0.2, 0.25) is 0 Å². The number of anilines is 1. The van der Waals surface area contributed by atoms with E-state index >= 15 is 0 Å². The maximum absolute atomic E-state index is 12.8. The molecule has 1 amide bonds. The van der Waals surface area contributed by atoms with Crippen molar-refractivity contribution in [2.75, 3.05) is 31.1 Å². The van der Waals surface area contributed by atoms with Gasteiger partial charge < -0.3 is 9.80 Å². The number of aryl methyl sites for hydroxylation is 3. The largest absolute Gasteiger partial charge is 0.352 e. The Bertz CT molecular complexity index is 988. The van der Waals surface area contributed by atoms with Crippen molar-refractivity contribution in [2.45, 2.75) is 33.6 Å². The van der Waals surface area contributed by atoms with Gasteiger partial charge in [-0.3, -0.25) is 4.79 Å². The summed E-state index contributed by atoms with van der Waals surface area (Å²) in [7, 11) is 0. The summed E-state index contributed by atoms with van der Waals surface area (Å²) in [6.07, 6.45) is 1.74. The van der Waals surface area contributed by atoms with E-state index in [4.69, 9.17) is 0 Å². The first-order valence-electron chi connectivity index (χ1n) is 9.79. The fourth-order valence-corrected chi connectivity index (χ4v) is 4.19. The molecule has 1 aliphatic rings. The number of piperazine rings is 1. The summed E-state index contributed by atoms with van der Waals surface area (Å²) in [5.74, 6) is 1.55. The highest BCUT2D eigenvalue weighted by Gasteiger charge is 2.26. The number of amides is 1. The topological polar surface area (TPSA) is 92.9 Å². The summed E-state index contributed by atoms with van der Waals surface area (Å²) >= 11 is 1.19. The highest BCUT2D eigenvalue weighted by Crippen LogP contribution is 2.19. The zero-order valence-corrected chi connectivity index (χ0v) is 17.7. The number of hydrogen-bond donors (Lipinski definition) is 0. The molecule has 4 heterocycles.